The lowest BCUT2D eigenvalue weighted by atomic mass is 9.80. The van der Waals surface area contributed by atoms with E-state index in [9.17, 15) is 29.4 Å². The van der Waals surface area contributed by atoms with Crippen molar-refractivity contribution in [2.45, 2.75) is 137 Å². The van der Waals surface area contributed by atoms with Gasteiger partial charge in [-0.25, -0.2) is 0 Å². The number of aliphatic hydroxyl groups is 1. The lowest BCUT2D eigenvalue weighted by Gasteiger charge is -2.36. The zero-order valence-corrected chi connectivity index (χ0v) is 69.5. The molecule has 0 spiro atoms. The summed E-state index contributed by atoms with van der Waals surface area (Å²) >= 11 is 0. The Morgan fingerprint density at radius 2 is 0.702 bits per heavy atom. The van der Waals surface area contributed by atoms with Crippen LogP contribution in [0.15, 0.2) is 279 Å². The monoisotopic (exact) mass is 1630 g/mol. The number of carbonyl (C=O) groups is 4. The molecule has 0 atom stereocenters. The van der Waals surface area contributed by atoms with Gasteiger partial charge in [-0.3, -0.25) is 14.4 Å². The molecule has 0 saturated carbocycles. The number of carboxylic acids is 1. The number of rotatable bonds is 31. The highest BCUT2D eigenvalue weighted by Gasteiger charge is 2.40. The molecule has 0 bridgehead atoms. The molecule has 15 rings (SSSR count). The quantitative estimate of drug-likeness (QED) is 0.0241. The number of aliphatic carboxylic acids is 1. The molecule has 3 heterocycles. The first-order valence-corrected chi connectivity index (χ1v) is 40.4. The van der Waals surface area contributed by atoms with Crippen molar-refractivity contribution in [3.63, 3.8) is 0 Å². The minimum absolute atomic E-state index is 0.0243. The van der Waals surface area contributed by atoms with Gasteiger partial charge in [0, 0.05) is 17.1 Å². The second-order valence-electron chi connectivity index (χ2n) is 28.8. The Morgan fingerprint density at radius 1 is 0.380 bits per heavy atom. The predicted molar refractivity (Wildman–Crippen MR) is 462 cm³/mol. The Bertz CT molecular complexity index is 5220. The first-order chi connectivity index (χ1) is 59.0. The highest BCUT2D eigenvalue weighted by Crippen LogP contribution is 2.47. The Labute approximate surface area is 708 Å². The van der Waals surface area contributed by atoms with Crippen LogP contribution in [0.4, 0.5) is 0 Å². The van der Waals surface area contributed by atoms with Crippen molar-refractivity contribution in [3.05, 3.63) is 374 Å². The van der Waals surface area contributed by atoms with Gasteiger partial charge in [0.1, 0.15) is 65.5 Å². The molecule has 12 aromatic carbocycles. The Hall–Kier alpha value is -12.7. The highest BCUT2D eigenvalue weighted by molar-refractivity contribution is 5.92. The Kier molecular flexibility index (Phi) is 33.1. The minimum Gasteiger partial charge on any atom is -0.678 e. The van der Waals surface area contributed by atoms with Gasteiger partial charge in [-0.1, -0.05) is 240 Å². The average Bonchev–Trinajstić information content (AvgIpc) is 1.57. The van der Waals surface area contributed by atoms with Gasteiger partial charge in [-0.2, -0.15) is 6.54 Å². The third-order valence-electron chi connectivity index (χ3n) is 20.5. The van der Waals surface area contributed by atoms with Crippen LogP contribution in [0.25, 0.3) is 28.0 Å². The van der Waals surface area contributed by atoms with Gasteiger partial charge in [0.15, 0.2) is 0 Å². The molecule has 0 radical (unpaired) electrons. The van der Waals surface area contributed by atoms with Gasteiger partial charge in [0.25, 0.3) is 0 Å². The van der Waals surface area contributed by atoms with E-state index in [4.69, 9.17) is 57.8 Å². The number of benzene rings is 12. The van der Waals surface area contributed by atoms with Crippen LogP contribution in [-0.4, -0.2) is 64.0 Å². The van der Waals surface area contributed by atoms with Crippen molar-refractivity contribution in [1.29, 1.82) is 0 Å². The number of methoxy groups -OCH3 is 4. The van der Waals surface area contributed by atoms with E-state index in [1.807, 2.05) is 133 Å². The smallest absolute Gasteiger partial charge is 0.314 e. The van der Waals surface area contributed by atoms with Gasteiger partial charge in [-0.15, -0.1) is 0 Å². The van der Waals surface area contributed by atoms with Crippen LogP contribution in [-0.2, 0) is 125 Å². The fraction of sp³-hybridized carbons (Fsp3) is 0.255. The Balaban J connectivity index is 0.000000205. The summed E-state index contributed by atoms with van der Waals surface area (Å²) in [5, 5.41) is 20.0. The molecule has 1 saturated heterocycles. The first-order valence-electron chi connectivity index (χ1n) is 40.4. The normalized spacial score (nSPS) is 12.1. The molecule has 0 aromatic heterocycles. The number of ether oxygens (including phenoxy) is 12. The van der Waals surface area contributed by atoms with Gasteiger partial charge in [0.2, 0.25) is 0 Å². The van der Waals surface area contributed by atoms with Crippen molar-refractivity contribution in [3.8, 4) is 56.8 Å². The number of hydrogen-bond acceptors (Lipinski definition) is 18. The van der Waals surface area contributed by atoms with Gasteiger partial charge < -0.3 is 77.6 Å². The summed E-state index contributed by atoms with van der Waals surface area (Å²) in [5.74, 6) is 2.07. The van der Waals surface area contributed by atoms with Crippen molar-refractivity contribution < 1.29 is 86.2 Å². The van der Waals surface area contributed by atoms with E-state index in [0.29, 0.717) is 59.4 Å². The summed E-state index contributed by atoms with van der Waals surface area (Å²) in [6, 6.07) is 93.5. The van der Waals surface area contributed by atoms with Gasteiger partial charge in [0.05, 0.1) is 93.9 Å². The highest BCUT2D eigenvalue weighted by atomic mass is 16.6. The van der Waals surface area contributed by atoms with E-state index < -0.39 is 35.1 Å². The fourth-order valence-corrected chi connectivity index (χ4v) is 14.2. The summed E-state index contributed by atoms with van der Waals surface area (Å²) < 4.78 is 70.2. The Morgan fingerprint density at radius 3 is 1.03 bits per heavy atom. The van der Waals surface area contributed by atoms with Gasteiger partial charge >= 0.3 is 17.9 Å². The number of carboxylic acid groups (broad SMARTS) is 1. The first kappa shape index (κ1) is 89.1. The van der Waals surface area contributed by atoms with Crippen LogP contribution < -0.4 is 33.5 Å². The molecule has 3 aliphatic heterocycles. The SMILES string of the molecule is CCCC.CC[NH-].COc1ccc(C(OCc2ccc3c(c2)OCc2cc(COCc4cccc(CO)c4)ccc2-3)(c2ccccc2)c2ccc(OC)cc2)cc1.COc1ccc(C(OCc2ccc3c(c2)OCc2cc(COCc4cccc(COC(=O)CCC(=O)[O-])c4)ccc2-3)(c2ccccc2)c2ccc(OC)cc2)cc1.O=C1CCC(=O)O1. The van der Waals surface area contributed by atoms with E-state index in [-0.39, 0.29) is 38.9 Å². The molecule has 0 amide bonds. The molecule has 19 heteroatoms. The standard InChI is InChI=1S/C48H44O9.C44H40O6.C4H4O3.C4H10.C2H6N/c1-52-41-17-13-39(14-18-41)48(38-9-4-3-5-10-38,40-15-19-42(53-2)20-16-40)57-31-36-12-22-44-43-21-11-35(26-37(43)32-55-45(44)27-36)29-54-28-33-7-6-8-34(25-33)30-56-47(51)24-23-46(49)50;1-46-39-17-13-37(14-18-39)44(36-9-4-3-5-10-36,38-15-19-40(47-2)20-16-38)50-29-34-12-22-42-41-21-11-33(24-35(41)30-49-43(42)25-34)28-48-27-32-8-6-7-31(23-32)26-45;5-3-1-2-4(6)7-3;1-3-4-2;1-2-3/h3-22,25-27H,23-24,28-32H2,1-2H3,(H,49,50);3-25,45H,26-30H2,1-2H3;1-2H2;3-4H2,1-2H3;3H,2H2,1H3/q;;;;-1/p-1. The average molecular weight is 1630 g/mol. The number of aliphatic hydroxyl groups excluding tert-OH is 1. The number of cyclic esters (lactones) is 2. The molecular weight excluding hydrogens is 1530 g/mol. The fourth-order valence-electron chi connectivity index (χ4n) is 14.2. The summed E-state index contributed by atoms with van der Waals surface area (Å²) in [6.45, 7) is 10.0. The number of hydrogen-bond donors (Lipinski definition) is 1. The molecule has 12 aromatic rings. The van der Waals surface area contributed by atoms with E-state index in [1.165, 1.54) is 12.8 Å². The number of unbranched alkanes of at least 4 members (excludes halogenated alkanes) is 1. The number of fused-ring (bicyclic) bond motifs is 6. The van der Waals surface area contributed by atoms with Gasteiger partial charge in [-0.05, 0) is 179 Å². The number of esters is 3. The molecule has 19 nitrogen and oxygen atoms in total. The maximum absolute atomic E-state index is 11.8. The molecule has 2 N–H and O–H groups in total. The third-order valence-corrected chi connectivity index (χ3v) is 20.5. The van der Waals surface area contributed by atoms with E-state index >= 15 is 0 Å². The zero-order valence-electron chi connectivity index (χ0n) is 69.5. The minimum atomic E-state index is -1.28. The van der Waals surface area contributed by atoms with Crippen LogP contribution in [0.3, 0.4) is 0 Å². The van der Waals surface area contributed by atoms with Crippen molar-refractivity contribution in [2.75, 3.05) is 35.0 Å². The molecule has 0 aliphatic carbocycles. The lowest BCUT2D eigenvalue weighted by Crippen LogP contribution is -2.32. The van der Waals surface area contributed by atoms with Crippen LogP contribution in [0.5, 0.6) is 34.5 Å². The van der Waals surface area contributed by atoms with Crippen LogP contribution in [0, 0.1) is 0 Å². The summed E-state index contributed by atoms with van der Waals surface area (Å²) in [5.41, 5.74) is 24.6. The van der Waals surface area contributed by atoms with Crippen molar-refractivity contribution >= 4 is 23.9 Å². The van der Waals surface area contributed by atoms with Crippen LogP contribution >= 0.6 is 0 Å². The predicted octanol–water partition coefficient (Wildman–Crippen LogP) is 19.8. The van der Waals surface area contributed by atoms with Crippen LogP contribution in [0.2, 0.25) is 0 Å². The van der Waals surface area contributed by atoms with E-state index in [1.54, 1.807) is 35.4 Å². The molecule has 626 valence electrons. The zero-order chi connectivity index (χ0) is 85.4. The molecule has 3 aliphatic rings. The largest absolute Gasteiger partial charge is 0.678 e. The van der Waals surface area contributed by atoms with E-state index in [0.717, 1.165) is 146 Å². The summed E-state index contributed by atoms with van der Waals surface area (Å²) in [6.07, 6.45) is 2.59. The summed E-state index contributed by atoms with van der Waals surface area (Å²) in [7, 11) is 6.67. The molecule has 0 unspecified atom stereocenters. The number of nitrogens with one attached hydrogen (secondary N) is 1. The maximum Gasteiger partial charge on any atom is 0.314 e. The second kappa shape index (κ2) is 44.9. The summed E-state index contributed by atoms with van der Waals surface area (Å²) in [4.78, 5) is 42.4. The van der Waals surface area contributed by atoms with E-state index in [2.05, 4.69) is 164 Å². The van der Waals surface area contributed by atoms with Crippen molar-refractivity contribution in [1.82, 2.24) is 0 Å². The van der Waals surface area contributed by atoms with Crippen LogP contribution in [0.1, 0.15) is 148 Å². The topological polar surface area (TPSA) is 246 Å². The lowest BCUT2D eigenvalue weighted by molar-refractivity contribution is -0.305. The molecule has 1 fully saturated rings. The number of carbonyl (C=O) groups excluding carboxylic acids is 4. The third kappa shape index (κ3) is 23.9. The molecule has 121 heavy (non-hydrogen) atoms. The maximum atomic E-state index is 11.8. The van der Waals surface area contributed by atoms with Crippen molar-refractivity contribution in [2.24, 2.45) is 0 Å². The molecular formula is C102H103NO18-2. The second-order valence-corrected chi connectivity index (χ2v) is 28.8.